The maximum absolute atomic E-state index is 10.2. The maximum atomic E-state index is 10.2. The van der Waals surface area contributed by atoms with Crippen molar-refractivity contribution in [2.24, 2.45) is 0 Å². The zero-order valence-electron chi connectivity index (χ0n) is 9.60. The van der Waals surface area contributed by atoms with Crippen molar-refractivity contribution in [1.29, 1.82) is 0 Å². The molecule has 4 nitrogen and oxygen atoms in total. The molecule has 14 heavy (non-hydrogen) atoms. The molecular formula is C10H27N3O. The van der Waals surface area contributed by atoms with E-state index in [2.05, 4.69) is 22.6 Å². The van der Waals surface area contributed by atoms with E-state index in [0.717, 1.165) is 0 Å². The number of nitrogens with one attached hydrogen (secondary N) is 2. The molecule has 1 aliphatic heterocycles. The zero-order valence-corrected chi connectivity index (χ0v) is 9.60. The second-order valence-electron chi connectivity index (χ2n) is 3.47. The zero-order chi connectivity index (χ0) is 10.8. The number of urea groups is 1. The summed E-state index contributed by atoms with van der Waals surface area (Å²) in [5, 5.41) is 4.96. The summed E-state index contributed by atoms with van der Waals surface area (Å²) < 4.78 is 0. The Bertz CT molecular complexity index is 153. The molecule has 4 heteroatoms. The van der Waals surface area contributed by atoms with Gasteiger partial charge in [0.05, 0.1) is 0 Å². The number of piperidine rings is 1. The summed E-state index contributed by atoms with van der Waals surface area (Å²) in [6, 6.07) is -0.123. The normalized spacial score (nSPS) is 16.5. The first kappa shape index (κ1) is 13.2. The van der Waals surface area contributed by atoms with E-state index in [9.17, 15) is 4.79 Å². The molecule has 0 radical (unpaired) electrons. The van der Waals surface area contributed by atoms with Gasteiger partial charge in [0, 0.05) is 16.4 Å². The minimum Gasteiger partial charge on any atom is -0.341 e. The second kappa shape index (κ2) is 8.81. The molecule has 1 saturated heterocycles. The predicted molar refractivity (Wildman–Crippen MR) is 63.7 cm³/mol. The highest BCUT2D eigenvalue weighted by molar-refractivity contribution is 5.73. The Kier molecular flexibility index (Phi) is 8.33. The van der Waals surface area contributed by atoms with Crippen LogP contribution in [0.1, 0.15) is 29.0 Å². The minimum atomic E-state index is -0.123. The maximum Gasteiger partial charge on any atom is 0.314 e. The van der Waals surface area contributed by atoms with Gasteiger partial charge in [-0.3, -0.25) is 0 Å². The van der Waals surface area contributed by atoms with Crippen LogP contribution in [0.5, 0.6) is 0 Å². The highest BCUT2D eigenvalue weighted by Crippen LogP contribution is 2.04. The van der Waals surface area contributed by atoms with E-state index in [1.54, 1.807) is 7.05 Å². The highest BCUT2D eigenvalue weighted by Gasteiger charge is 2.02. The molecule has 1 rings (SSSR count). The van der Waals surface area contributed by atoms with E-state index in [1.165, 1.54) is 32.4 Å². The fourth-order valence-corrected chi connectivity index (χ4v) is 1.30. The van der Waals surface area contributed by atoms with Crippen molar-refractivity contribution < 1.29 is 7.65 Å². The number of likely N-dealkylation sites (tertiary alicyclic amines) is 1. The van der Waals surface area contributed by atoms with Crippen LogP contribution in [0, 0.1) is 0 Å². The molecular weight excluding hydrogens is 178 g/mol. The van der Waals surface area contributed by atoms with Crippen molar-refractivity contribution >= 4 is 6.03 Å². The van der Waals surface area contributed by atoms with Gasteiger partial charge in [0.1, 0.15) is 0 Å². The van der Waals surface area contributed by atoms with Gasteiger partial charge in [-0.2, -0.15) is 0 Å². The van der Waals surface area contributed by atoms with Gasteiger partial charge in [0.25, 0.3) is 0 Å². The molecule has 88 valence electrons. The number of carbonyl (C=O) groups is 1. The van der Waals surface area contributed by atoms with Gasteiger partial charge in [0.15, 0.2) is 0 Å². The number of hydrogen-bond donors (Lipinski definition) is 2. The van der Waals surface area contributed by atoms with Crippen LogP contribution in [0.4, 0.5) is 4.79 Å². The number of nitrogens with zero attached hydrogens (tertiary/aromatic N) is 1. The first-order chi connectivity index (χ1) is 6.70. The molecule has 0 aliphatic carbocycles. The van der Waals surface area contributed by atoms with Gasteiger partial charge in [-0.1, -0.05) is 6.42 Å². The van der Waals surface area contributed by atoms with Gasteiger partial charge in [-0.25, -0.2) is 4.79 Å². The van der Waals surface area contributed by atoms with Crippen LogP contribution in [0.2, 0.25) is 0 Å². The van der Waals surface area contributed by atoms with Crippen LogP contribution in [-0.4, -0.2) is 44.7 Å². The van der Waals surface area contributed by atoms with Crippen LogP contribution in [0.25, 0.3) is 0 Å². The Morgan fingerprint density at radius 1 is 1.36 bits per heavy atom. The van der Waals surface area contributed by atoms with Gasteiger partial charge >= 0.3 is 6.03 Å². The lowest BCUT2D eigenvalue weighted by molar-refractivity contribution is 0.243. The Balaban J connectivity index is -0.000000188. The van der Waals surface area contributed by atoms with Crippen molar-refractivity contribution in [2.45, 2.75) is 26.2 Å². The molecule has 1 fully saturated rings. The van der Waals surface area contributed by atoms with E-state index in [0.29, 0.717) is 6.54 Å². The summed E-state index contributed by atoms with van der Waals surface area (Å²) in [7, 11) is 3.78. The summed E-state index contributed by atoms with van der Waals surface area (Å²) in [5.41, 5.74) is 0. The Labute approximate surface area is 90.0 Å². The van der Waals surface area contributed by atoms with Crippen molar-refractivity contribution in [1.82, 2.24) is 15.5 Å². The fourth-order valence-electron chi connectivity index (χ4n) is 1.30. The number of rotatable bonds is 1. The third kappa shape index (κ3) is 7.86. The Morgan fingerprint density at radius 2 is 1.93 bits per heavy atom. The molecule has 2 amide bonds. The molecule has 1 heterocycles. The average Bonchev–Trinajstić information content (AvgIpc) is 2.20. The predicted octanol–water partition coefficient (Wildman–Crippen LogP) is 1.53. The van der Waals surface area contributed by atoms with Gasteiger partial charge < -0.3 is 15.5 Å². The summed E-state index contributed by atoms with van der Waals surface area (Å²) in [5.74, 6) is 0. The summed E-state index contributed by atoms with van der Waals surface area (Å²) >= 11 is 0. The number of hydrogen-bond acceptors (Lipinski definition) is 2. The number of amides is 2. The lowest BCUT2D eigenvalue weighted by Gasteiger charge is -2.20. The quantitative estimate of drug-likeness (QED) is 0.682. The molecule has 0 spiro atoms. The molecule has 0 aromatic heterocycles. The summed E-state index contributed by atoms with van der Waals surface area (Å²) in [4.78, 5) is 12.6. The molecule has 0 aromatic rings. The monoisotopic (exact) mass is 205 g/mol. The molecule has 0 saturated carbocycles. The van der Waals surface area contributed by atoms with Crippen LogP contribution < -0.4 is 10.6 Å². The SMILES string of the molecule is CCNC(=O)NC.CN1CCCCC1.[HH].[HH]. The topological polar surface area (TPSA) is 44.4 Å². The van der Waals surface area contributed by atoms with Gasteiger partial charge in [-0.15, -0.1) is 0 Å². The standard InChI is InChI=1S/C6H13N.C4H10N2O.2H2/c1-7-5-3-2-4-6-7;1-3-6-4(7)5-2;;/h2-6H2,1H3;3H2,1-2H3,(H2,5,6,7);2*1H. The molecule has 0 unspecified atom stereocenters. The van der Waals surface area contributed by atoms with Crippen LogP contribution in [0.15, 0.2) is 0 Å². The smallest absolute Gasteiger partial charge is 0.314 e. The van der Waals surface area contributed by atoms with Crippen molar-refractivity contribution in [2.75, 3.05) is 33.7 Å². The first-order valence-corrected chi connectivity index (χ1v) is 5.34. The van der Waals surface area contributed by atoms with Crippen LogP contribution in [-0.2, 0) is 0 Å². The van der Waals surface area contributed by atoms with Crippen molar-refractivity contribution in [3.63, 3.8) is 0 Å². The summed E-state index contributed by atoms with van der Waals surface area (Å²) in [6.45, 7) is 5.19. The van der Waals surface area contributed by atoms with Crippen LogP contribution in [0.3, 0.4) is 0 Å². The molecule has 0 bridgehead atoms. The number of carbonyl (C=O) groups excluding carboxylic acids is 1. The third-order valence-electron chi connectivity index (χ3n) is 2.14. The van der Waals surface area contributed by atoms with E-state index in [-0.39, 0.29) is 8.88 Å². The Morgan fingerprint density at radius 3 is 2.14 bits per heavy atom. The fraction of sp³-hybridized carbons (Fsp3) is 0.900. The van der Waals surface area contributed by atoms with Crippen LogP contribution >= 0.6 is 0 Å². The van der Waals surface area contributed by atoms with E-state index >= 15 is 0 Å². The van der Waals surface area contributed by atoms with Crippen molar-refractivity contribution in [3.05, 3.63) is 0 Å². The summed E-state index contributed by atoms with van der Waals surface area (Å²) in [6.07, 6.45) is 4.28. The minimum absolute atomic E-state index is 0. The second-order valence-corrected chi connectivity index (χ2v) is 3.47. The third-order valence-corrected chi connectivity index (χ3v) is 2.14. The van der Waals surface area contributed by atoms with Crippen molar-refractivity contribution in [3.8, 4) is 0 Å². The van der Waals surface area contributed by atoms with E-state index < -0.39 is 0 Å². The van der Waals surface area contributed by atoms with Gasteiger partial charge in [-0.05, 0) is 39.9 Å². The first-order valence-electron chi connectivity index (χ1n) is 5.34. The average molecular weight is 205 g/mol. The lowest BCUT2D eigenvalue weighted by Crippen LogP contribution is -2.32. The molecule has 2 N–H and O–H groups in total. The highest BCUT2D eigenvalue weighted by atomic mass is 16.2. The molecule has 1 aliphatic rings. The van der Waals surface area contributed by atoms with E-state index in [1.807, 2.05) is 6.92 Å². The molecule has 0 aromatic carbocycles. The largest absolute Gasteiger partial charge is 0.341 e. The van der Waals surface area contributed by atoms with Gasteiger partial charge in [0.2, 0.25) is 0 Å². The van der Waals surface area contributed by atoms with E-state index in [4.69, 9.17) is 0 Å². The molecule has 0 atom stereocenters. The Hall–Kier alpha value is -0.770. The lowest BCUT2D eigenvalue weighted by atomic mass is 10.1.